The van der Waals surface area contributed by atoms with Gasteiger partial charge in [-0.05, 0) is 24.1 Å². The summed E-state index contributed by atoms with van der Waals surface area (Å²) < 4.78 is 29.2. The van der Waals surface area contributed by atoms with Gasteiger partial charge in [0.1, 0.15) is 0 Å². The summed E-state index contributed by atoms with van der Waals surface area (Å²) in [6.07, 6.45) is 1.20. The van der Waals surface area contributed by atoms with Crippen molar-refractivity contribution in [2.45, 2.75) is 13.3 Å². The Bertz CT molecular complexity index is 522. The third-order valence-corrected chi connectivity index (χ3v) is 2.76. The van der Waals surface area contributed by atoms with Crippen molar-refractivity contribution < 1.29 is 17.9 Å². The van der Waals surface area contributed by atoms with Crippen molar-refractivity contribution in [3.8, 4) is 0 Å². The molecule has 1 N–H and O–H groups in total. The molecule has 0 aliphatic carbocycles. The number of aryl methyl sites for hydroxylation is 1. The molecule has 0 radical (unpaired) electrons. The van der Waals surface area contributed by atoms with Gasteiger partial charge in [0.15, 0.2) is 0 Å². The first-order chi connectivity index (χ1) is 7.81. The van der Waals surface area contributed by atoms with E-state index in [0.717, 1.165) is 11.8 Å². The predicted octanol–water partition coefficient (Wildman–Crippen LogP) is 1.08. The normalized spacial score (nSPS) is 11.0. The van der Waals surface area contributed by atoms with E-state index in [9.17, 15) is 13.2 Å². The van der Waals surface area contributed by atoms with Gasteiger partial charge >= 0.3 is 5.97 Å². The molecule has 0 aromatic heterocycles. The first-order valence-electron chi connectivity index (χ1n) is 4.96. The van der Waals surface area contributed by atoms with Crippen LogP contribution in [-0.4, -0.2) is 27.8 Å². The smallest absolute Gasteiger partial charge is 0.309 e. The van der Waals surface area contributed by atoms with E-state index in [1.54, 1.807) is 25.1 Å². The van der Waals surface area contributed by atoms with Gasteiger partial charge in [-0.1, -0.05) is 12.1 Å². The fourth-order valence-electron chi connectivity index (χ4n) is 1.33. The van der Waals surface area contributed by atoms with Crippen molar-refractivity contribution in [3.63, 3.8) is 0 Å². The molecule has 0 atom stereocenters. The molecule has 94 valence electrons. The summed E-state index contributed by atoms with van der Waals surface area (Å²) in [4.78, 5) is 11.1. The highest BCUT2D eigenvalue weighted by Crippen LogP contribution is 2.18. The van der Waals surface area contributed by atoms with Gasteiger partial charge in [-0.3, -0.25) is 9.52 Å². The Hall–Kier alpha value is -1.56. The van der Waals surface area contributed by atoms with Crippen LogP contribution in [0.4, 0.5) is 5.69 Å². The Balaban J connectivity index is 2.98. The largest absolute Gasteiger partial charge is 0.469 e. The van der Waals surface area contributed by atoms with E-state index < -0.39 is 10.0 Å². The van der Waals surface area contributed by atoms with Gasteiger partial charge in [0.05, 0.1) is 25.5 Å². The number of carbonyl (C=O) groups excluding carboxylic acids is 1. The van der Waals surface area contributed by atoms with Gasteiger partial charge < -0.3 is 4.74 Å². The Morgan fingerprint density at radius 1 is 1.41 bits per heavy atom. The summed E-state index contributed by atoms with van der Waals surface area (Å²) in [5.41, 5.74) is 1.98. The van der Waals surface area contributed by atoms with E-state index in [2.05, 4.69) is 9.46 Å². The summed E-state index contributed by atoms with van der Waals surface area (Å²) in [6, 6.07) is 5.15. The second-order valence-corrected chi connectivity index (χ2v) is 5.52. The number of anilines is 1. The average Bonchev–Trinajstić information content (AvgIpc) is 2.21. The maximum atomic E-state index is 11.1. The molecular weight excluding hydrogens is 242 g/mol. The number of nitrogens with one attached hydrogen (secondary N) is 1. The molecule has 0 fully saturated rings. The number of hydrogen-bond donors (Lipinski definition) is 1. The molecule has 0 saturated heterocycles. The van der Waals surface area contributed by atoms with Crippen LogP contribution in [0.15, 0.2) is 18.2 Å². The highest BCUT2D eigenvalue weighted by Gasteiger charge is 2.08. The van der Waals surface area contributed by atoms with Crippen molar-refractivity contribution in [3.05, 3.63) is 29.3 Å². The lowest BCUT2D eigenvalue weighted by atomic mass is 10.1. The van der Waals surface area contributed by atoms with Crippen LogP contribution in [0, 0.1) is 6.92 Å². The molecule has 0 spiro atoms. The monoisotopic (exact) mass is 257 g/mol. The molecule has 0 unspecified atom stereocenters. The number of carbonyl (C=O) groups is 1. The SMILES string of the molecule is COC(=O)Cc1ccc(C)c(NS(C)(=O)=O)c1. The van der Waals surface area contributed by atoms with Crippen LogP contribution < -0.4 is 4.72 Å². The van der Waals surface area contributed by atoms with E-state index in [-0.39, 0.29) is 12.4 Å². The highest BCUT2D eigenvalue weighted by molar-refractivity contribution is 7.92. The van der Waals surface area contributed by atoms with E-state index in [0.29, 0.717) is 11.3 Å². The van der Waals surface area contributed by atoms with Crippen LogP contribution in [0.1, 0.15) is 11.1 Å². The van der Waals surface area contributed by atoms with Crippen molar-refractivity contribution in [2.75, 3.05) is 18.1 Å². The zero-order valence-corrected chi connectivity index (χ0v) is 10.8. The average molecular weight is 257 g/mol. The molecule has 0 heterocycles. The van der Waals surface area contributed by atoms with Crippen LogP contribution >= 0.6 is 0 Å². The molecule has 1 rings (SSSR count). The Morgan fingerprint density at radius 2 is 2.06 bits per heavy atom. The van der Waals surface area contributed by atoms with Gasteiger partial charge in [0, 0.05) is 0 Å². The summed E-state index contributed by atoms with van der Waals surface area (Å²) in [6.45, 7) is 1.79. The van der Waals surface area contributed by atoms with Crippen LogP contribution in [0.3, 0.4) is 0 Å². The standard InChI is InChI=1S/C11H15NO4S/c1-8-4-5-9(7-11(13)16-2)6-10(8)12-17(3,14)15/h4-6,12H,7H2,1-3H3. The molecule has 5 nitrogen and oxygen atoms in total. The van der Waals surface area contributed by atoms with Crippen LogP contribution in [-0.2, 0) is 26.0 Å². The highest BCUT2D eigenvalue weighted by atomic mass is 32.2. The van der Waals surface area contributed by atoms with Crippen LogP contribution in [0.25, 0.3) is 0 Å². The molecule has 0 bridgehead atoms. The number of methoxy groups -OCH3 is 1. The second-order valence-electron chi connectivity index (χ2n) is 3.78. The zero-order chi connectivity index (χ0) is 13.1. The minimum atomic E-state index is -3.32. The van der Waals surface area contributed by atoms with Crippen LogP contribution in [0.2, 0.25) is 0 Å². The molecular formula is C11H15NO4S. The summed E-state index contributed by atoms with van der Waals surface area (Å²) in [5.74, 6) is -0.362. The maximum absolute atomic E-state index is 11.1. The first kappa shape index (κ1) is 13.5. The van der Waals surface area contributed by atoms with Crippen molar-refractivity contribution in [1.29, 1.82) is 0 Å². The van der Waals surface area contributed by atoms with E-state index in [1.165, 1.54) is 7.11 Å². The molecule has 0 aliphatic rings. The summed E-state index contributed by atoms with van der Waals surface area (Å²) in [5, 5.41) is 0. The number of ether oxygens (including phenoxy) is 1. The fourth-order valence-corrected chi connectivity index (χ4v) is 1.95. The second kappa shape index (κ2) is 5.18. The lowest BCUT2D eigenvalue weighted by molar-refractivity contribution is -0.139. The minimum Gasteiger partial charge on any atom is -0.469 e. The van der Waals surface area contributed by atoms with Gasteiger partial charge in [-0.2, -0.15) is 0 Å². The number of hydrogen-bond acceptors (Lipinski definition) is 4. The van der Waals surface area contributed by atoms with E-state index >= 15 is 0 Å². The molecule has 0 aliphatic heterocycles. The van der Waals surface area contributed by atoms with Crippen molar-refractivity contribution in [1.82, 2.24) is 0 Å². The Morgan fingerprint density at radius 3 is 2.59 bits per heavy atom. The lowest BCUT2D eigenvalue weighted by Gasteiger charge is -2.09. The lowest BCUT2D eigenvalue weighted by Crippen LogP contribution is -2.11. The summed E-state index contributed by atoms with van der Waals surface area (Å²) >= 11 is 0. The van der Waals surface area contributed by atoms with Gasteiger partial charge in [-0.15, -0.1) is 0 Å². The first-order valence-corrected chi connectivity index (χ1v) is 6.85. The predicted molar refractivity (Wildman–Crippen MR) is 65.4 cm³/mol. The van der Waals surface area contributed by atoms with Crippen molar-refractivity contribution >= 4 is 21.7 Å². The topological polar surface area (TPSA) is 72.5 Å². The van der Waals surface area contributed by atoms with Gasteiger partial charge in [0.2, 0.25) is 10.0 Å². The van der Waals surface area contributed by atoms with E-state index in [1.807, 2.05) is 0 Å². The van der Waals surface area contributed by atoms with Crippen molar-refractivity contribution in [2.24, 2.45) is 0 Å². The van der Waals surface area contributed by atoms with E-state index in [4.69, 9.17) is 0 Å². The fraction of sp³-hybridized carbons (Fsp3) is 0.364. The molecule has 1 aromatic carbocycles. The van der Waals surface area contributed by atoms with Crippen LogP contribution in [0.5, 0.6) is 0 Å². The quantitative estimate of drug-likeness (QED) is 0.819. The number of sulfonamides is 1. The van der Waals surface area contributed by atoms with Gasteiger partial charge in [0.25, 0.3) is 0 Å². The molecule has 0 amide bonds. The molecule has 1 aromatic rings. The number of esters is 1. The van der Waals surface area contributed by atoms with Gasteiger partial charge in [-0.25, -0.2) is 8.42 Å². The third-order valence-electron chi connectivity index (χ3n) is 2.17. The Kier molecular flexibility index (Phi) is 4.11. The summed E-state index contributed by atoms with van der Waals surface area (Å²) in [7, 11) is -2.00. The number of rotatable bonds is 4. The molecule has 6 heteroatoms. The maximum Gasteiger partial charge on any atom is 0.309 e. The molecule has 17 heavy (non-hydrogen) atoms. The number of benzene rings is 1. The zero-order valence-electron chi connectivity index (χ0n) is 9.98. The minimum absolute atomic E-state index is 0.120. The third kappa shape index (κ3) is 4.44. The Labute approximate surface area is 101 Å². The molecule has 0 saturated carbocycles.